The highest BCUT2D eigenvalue weighted by molar-refractivity contribution is 5.40. The lowest BCUT2D eigenvalue weighted by Gasteiger charge is -2.22. The quantitative estimate of drug-likeness (QED) is 0.574. The van der Waals surface area contributed by atoms with Gasteiger partial charge in [0.2, 0.25) is 0 Å². The first kappa shape index (κ1) is 10.4. The largest absolute Gasteiger partial charge is 0.368 e. The zero-order valence-corrected chi connectivity index (χ0v) is 8.12. The molecular formula is C9H13N5. The number of rotatable bonds is 2. The number of nitrogens with two attached hydrogens (primary N) is 1. The lowest BCUT2D eigenvalue weighted by atomic mass is 10.3. The molecule has 1 atom stereocenters. The minimum Gasteiger partial charge on any atom is -0.368 e. The van der Waals surface area contributed by atoms with E-state index >= 15 is 0 Å². The fraction of sp³-hybridized carbons (Fsp3) is 0.556. The molecule has 74 valence electrons. The summed E-state index contributed by atoms with van der Waals surface area (Å²) in [5, 5.41) is 20.5. The summed E-state index contributed by atoms with van der Waals surface area (Å²) < 4.78 is 0. The molecule has 1 rings (SSSR count). The Bertz CT molecular complexity index is 303. The van der Waals surface area contributed by atoms with Gasteiger partial charge in [-0.05, 0) is 6.92 Å². The van der Waals surface area contributed by atoms with Crippen molar-refractivity contribution >= 4 is 0 Å². The van der Waals surface area contributed by atoms with E-state index in [1.165, 1.54) is 0 Å². The molecule has 1 heterocycles. The van der Waals surface area contributed by atoms with Gasteiger partial charge in [-0.3, -0.25) is 0 Å². The van der Waals surface area contributed by atoms with Crippen LogP contribution in [0.3, 0.4) is 0 Å². The zero-order chi connectivity index (χ0) is 10.6. The van der Waals surface area contributed by atoms with Crippen molar-refractivity contribution in [1.82, 2.24) is 10.2 Å². The van der Waals surface area contributed by atoms with Gasteiger partial charge in [-0.25, -0.2) is 0 Å². The van der Waals surface area contributed by atoms with Crippen molar-refractivity contribution in [2.75, 3.05) is 19.6 Å². The molecule has 0 bridgehead atoms. The first-order valence-corrected chi connectivity index (χ1v) is 4.49. The Labute approximate surface area is 83.4 Å². The maximum absolute atomic E-state index is 8.73. The van der Waals surface area contributed by atoms with Crippen LogP contribution in [0.2, 0.25) is 0 Å². The molecule has 0 spiro atoms. The predicted octanol–water partition coefficient (Wildman–Crippen LogP) is -0.502. The first-order valence-electron chi connectivity index (χ1n) is 4.49. The standard InChI is InChI=1S/C9H13N5/c1-7-6-13-9(8(4-11)5-12)14(7)3-2-10/h7,13H,2-3,6,10H2,1H3. The maximum Gasteiger partial charge on any atom is 0.169 e. The molecule has 1 fully saturated rings. The molecule has 1 aliphatic heterocycles. The van der Waals surface area contributed by atoms with Crippen LogP contribution >= 0.6 is 0 Å². The molecule has 0 radical (unpaired) electrons. The number of allylic oxidation sites excluding steroid dienone is 1. The van der Waals surface area contributed by atoms with Crippen LogP contribution in [0.1, 0.15) is 6.92 Å². The van der Waals surface area contributed by atoms with Gasteiger partial charge >= 0.3 is 0 Å². The van der Waals surface area contributed by atoms with Gasteiger partial charge in [0.1, 0.15) is 18.0 Å². The molecule has 1 saturated heterocycles. The first-order chi connectivity index (χ1) is 6.74. The summed E-state index contributed by atoms with van der Waals surface area (Å²) in [5.74, 6) is 0.618. The number of nitrogens with one attached hydrogen (secondary N) is 1. The molecule has 5 nitrogen and oxygen atoms in total. The molecule has 0 amide bonds. The lowest BCUT2D eigenvalue weighted by molar-refractivity contribution is 0.326. The van der Waals surface area contributed by atoms with E-state index in [1.54, 1.807) is 0 Å². The normalized spacial score (nSPS) is 19.9. The molecule has 0 saturated carbocycles. The van der Waals surface area contributed by atoms with E-state index in [0.29, 0.717) is 18.9 Å². The summed E-state index contributed by atoms with van der Waals surface area (Å²) >= 11 is 0. The Balaban J connectivity index is 2.95. The van der Waals surface area contributed by atoms with Crippen molar-refractivity contribution in [3.05, 3.63) is 11.4 Å². The van der Waals surface area contributed by atoms with Crippen LogP contribution in [0.25, 0.3) is 0 Å². The van der Waals surface area contributed by atoms with Crippen molar-refractivity contribution in [3.8, 4) is 12.1 Å². The number of nitriles is 2. The van der Waals surface area contributed by atoms with Gasteiger partial charge < -0.3 is 16.0 Å². The van der Waals surface area contributed by atoms with Gasteiger partial charge in [0, 0.05) is 25.7 Å². The molecule has 0 aromatic heterocycles. The van der Waals surface area contributed by atoms with E-state index in [9.17, 15) is 0 Å². The summed E-state index contributed by atoms with van der Waals surface area (Å²) in [5.41, 5.74) is 5.59. The Morgan fingerprint density at radius 2 is 2.29 bits per heavy atom. The van der Waals surface area contributed by atoms with Gasteiger partial charge in [-0.2, -0.15) is 10.5 Å². The second-order valence-corrected chi connectivity index (χ2v) is 3.16. The van der Waals surface area contributed by atoms with E-state index in [1.807, 2.05) is 24.0 Å². The van der Waals surface area contributed by atoms with E-state index < -0.39 is 0 Å². The van der Waals surface area contributed by atoms with Crippen molar-refractivity contribution in [2.24, 2.45) is 5.73 Å². The third kappa shape index (κ3) is 1.78. The van der Waals surface area contributed by atoms with Crippen LogP contribution in [-0.2, 0) is 0 Å². The summed E-state index contributed by atoms with van der Waals surface area (Å²) in [6, 6.07) is 4.03. The Morgan fingerprint density at radius 3 is 2.79 bits per heavy atom. The molecule has 3 N–H and O–H groups in total. The highest BCUT2D eigenvalue weighted by Crippen LogP contribution is 2.16. The Kier molecular flexibility index (Phi) is 3.33. The summed E-state index contributed by atoms with van der Waals surface area (Å²) in [6.07, 6.45) is 0. The highest BCUT2D eigenvalue weighted by atomic mass is 15.3. The van der Waals surface area contributed by atoms with Crippen LogP contribution in [0.15, 0.2) is 11.4 Å². The monoisotopic (exact) mass is 191 g/mol. The van der Waals surface area contributed by atoms with Crippen molar-refractivity contribution in [2.45, 2.75) is 13.0 Å². The smallest absolute Gasteiger partial charge is 0.169 e. The second-order valence-electron chi connectivity index (χ2n) is 3.16. The Hall–Kier alpha value is -1.72. The number of hydrogen-bond donors (Lipinski definition) is 2. The Morgan fingerprint density at radius 1 is 1.64 bits per heavy atom. The SMILES string of the molecule is CC1CNC(=C(C#N)C#N)N1CCN. The third-order valence-corrected chi connectivity index (χ3v) is 2.21. The molecule has 14 heavy (non-hydrogen) atoms. The molecular weight excluding hydrogens is 178 g/mol. The van der Waals surface area contributed by atoms with Gasteiger partial charge in [-0.1, -0.05) is 0 Å². The molecule has 1 aliphatic rings. The van der Waals surface area contributed by atoms with E-state index in [4.69, 9.17) is 16.3 Å². The topological polar surface area (TPSA) is 88.9 Å². The average Bonchev–Trinajstić information content (AvgIpc) is 2.53. The van der Waals surface area contributed by atoms with Crippen LogP contribution in [0, 0.1) is 22.7 Å². The lowest BCUT2D eigenvalue weighted by Crippen LogP contribution is -2.32. The zero-order valence-electron chi connectivity index (χ0n) is 8.12. The summed E-state index contributed by atoms with van der Waals surface area (Å²) in [6.45, 7) is 3.96. The number of hydrogen-bond acceptors (Lipinski definition) is 5. The molecule has 5 heteroatoms. The average molecular weight is 191 g/mol. The van der Waals surface area contributed by atoms with Crippen LogP contribution in [0.5, 0.6) is 0 Å². The fourth-order valence-corrected chi connectivity index (χ4v) is 1.51. The summed E-state index contributed by atoms with van der Waals surface area (Å²) in [7, 11) is 0. The fourth-order valence-electron chi connectivity index (χ4n) is 1.51. The van der Waals surface area contributed by atoms with Crippen LogP contribution < -0.4 is 11.1 Å². The second kappa shape index (κ2) is 4.50. The van der Waals surface area contributed by atoms with Gasteiger partial charge in [0.15, 0.2) is 5.57 Å². The highest BCUT2D eigenvalue weighted by Gasteiger charge is 2.26. The molecule has 0 aromatic carbocycles. The molecule has 1 unspecified atom stereocenters. The van der Waals surface area contributed by atoms with E-state index in [-0.39, 0.29) is 11.6 Å². The van der Waals surface area contributed by atoms with Crippen LogP contribution in [0.4, 0.5) is 0 Å². The number of nitrogens with zero attached hydrogens (tertiary/aromatic N) is 3. The van der Waals surface area contributed by atoms with Crippen LogP contribution in [-0.4, -0.2) is 30.6 Å². The van der Waals surface area contributed by atoms with E-state index in [2.05, 4.69) is 5.32 Å². The van der Waals surface area contributed by atoms with Gasteiger partial charge in [0.25, 0.3) is 0 Å². The predicted molar refractivity (Wildman–Crippen MR) is 51.5 cm³/mol. The van der Waals surface area contributed by atoms with Crippen molar-refractivity contribution in [3.63, 3.8) is 0 Å². The minimum absolute atomic E-state index is 0.128. The third-order valence-electron chi connectivity index (χ3n) is 2.21. The van der Waals surface area contributed by atoms with Gasteiger partial charge in [-0.15, -0.1) is 0 Å². The summed E-state index contributed by atoms with van der Waals surface area (Å²) in [4.78, 5) is 1.96. The van der Waals surface area contributed by atoms with Gasteiger partial charge in [0.05, 0.1) is 0 Å². The minimum atomic E-state index is 0.128. The van der Waals surface area contributed by atoms with E-state index in [0.717, 1.165) is 6.54 Å². The maximum atomic E-state index is 8.73. The molecule has 0 aromatic rings. The van der Waals surface area contributed by atoms with Crippen molar-refractivity contribution in [1.29, 1.82) is 10.5 Å². The molecule has 0 aliphatic carbocycles. The van der Waals surface area contributed by atoms with Crippen molar-refractivity contribution < 1.29 is 0 Å².